The molecule has 0 amide bonds. The first-order valence-corrected chi connectivity index (χ1v) is 5.00. The second kappa shape index (κ2) is 4.38. The van der Waals surface area contributed by atoms with Gasteiger partial charge in [-0.25, -0.2) is 4.99 Å². The summed E-state index contributed by atoms with van der Waals surface area (Å²) >= 11 is 0. The van der Waals surface area contributed by atoms with Crippen molar-refractivity contribution in [3.8, 4) is 0 Å². The molecule has 7 nitrogen and oxygen atoms in total. The molecule has 5 N–H and O–H groups in total. The molecule has 0 aromatic carbocycles. The quantitative estimate of drug-likeness (QED) is 0.419. The van der Waals surface area contributed by atoms with Crippen LogP contribution in [-0.2, 0) is 4.74 Å². The minimum Gasteiger partial charge on any atom is -0.394 e. The summed E-state index contributed by atoms with van der Waals surface area (Å²) in [6, 6.07) is 0. The lowest BCUT2D eigenvalue weighted by atomic mass is 10.1. The number of nitrogens with two attached hydrogens (primary N) is 1. The van der Waals surface area contributed by atoms with E-state index < -0.39 is 24.5 Å². The summed E-state index contributed by atoms with van der Waals surface area (Å²) in [4.78, 5) is 5.58. The lowest BCUT2D eigenvalue weighted by Gasteiger charge is -2.29. The zero-order valence-corrected chi connectivity index (χ0v) is 8.60. The molecule has 16 heavy (non-hydrogen) atoms. The van der Waals surface area contributed by atoms with Gasteiger partial charge in [0.1, 0.15) is 30.8 Å². The molecule has 2 aliphatic rings. The Balaban J connectivity index is 2.04. The zero-order valence-electron chi connectivity index (χ0n) is 8.60. The van der Waals surface area contributed by atoms with E-state index in [9.17, 15) is 10.2 Å². The number of nitrogens with zero attached hydrogens (tertiary/aromatic N) is 2. The van der Waals surface area contributed by atoms with E-state index in [1.807, 2.05) is 0 Å². The molecule has 2 rings (SSSR count). The monoisotopic (exact) mass is 229 g/mol. The first-order chi connectivity index (χ1) is 7.63. The molecular weight excluding hydrogens is 214 g/mol. The van der Waals surface area contributed by atoms with Crippen molar-refractivity contribution < 1.29 is 20.1 Å². The normalized spacial score (nSPS) is 38.9. The molecule has 1 fully saturated rings. The van der Waals surface area contributed by atoms with Gasteiger partial charge in [0.05, 0.1) is 6.61 Å². The molecule has 0 aromatic rings. The molecular formula is C9H15N3O4. The summed E-state index contributed by atoms with van der Waals surface area (Å²) in [7, 11) is 0. The van der Waals surface area contributed by atoms with Gasteiger partial charge in [0.2, 0.25) is 0 Å². The SMILES string of the molecule is NC1=NCN(C2OC(CO)C(O)C2O)C=C1. The summed E-state index contributed by atoms with van der Waals surface area (Å²) in [5, 5.41) is 28.2. The van der Waals surface area contributed by atoms with E-state index in [1.54, 1.807) is 17.2 Å². The highest BCUT2D eigenvalue weighted by atomic mass is 16.6. The van der Waals surface area contributed by atoms with Crippen molar-refractivity contribution in [3.05, 3.63) is 12.3 Å². The molecule has 0 spiro atoms. The van der Waals surface area contributed by atoms with E-state index in [0.29, 0.717) is 5.84 Å². The van der Waals surface area contributed by atoms with Gasteiger partial charge >= 0.3 is 0 Å². The van der Waals surface area contributed by atoms with Crippen LogP contribution in [0.15, 0.2) is 17.3 Å². The van der Waals surface area contributed by atoms with Crippen LogP contribution in [0.4, 0.5) is 0 Å². The molecule has 7 heteroatoms. The third-order valence-electron chi connectivity index (χ3n) is 2.70. The number of aliphatic imine (C=N–C) groups is 1. The van der Waals surface area contributed by atoms with Crippen LogP contribution in [0, 0.1) is 0 Å². The number of hydrogen-bond donors (Lipinski definition) is 4. The van der Waals surface area contributed by atoms with E-state index in [2.05, 4.69) is 4.99 Å². The minimum absolute atomic E-state index is 0.259. The Morgan fingerprint density at radius 3 is 2.75 bits per heavy atom. The highest BCUT2D eigenvalue weighted by Crippen LogP contribution is 2.24. The van der Waals surface area contributed by atoms with Crippen LogP contribution in [0.3, 0.4) is 0 Å². The maximum Gasteiger partial charge on any atom is 0.160 e. The van der Waals surface area contributed by atoms with E-state index in [4.69, 9.17) is 15.6 Å². The first-order valence-electron chi connectivity index (χ1n) is 5.00. The summed E-state index contributed by atoms with van der Waals surface area (Å²) in [5.41, 5.74) is 5.45. The van der Waals surface area contributed by atoms with Crippen molar-refractivity contribution in [2.24, 2.45) is 10.7 Å². The van der Waals surface area contributed by atoms with Crippen LogP contribution in [0.5, 0.6) is 0 Å². The van der Waals surface area contributed by atoms with Crippen LogP contribution in [0.1, 0.15) is 0 Å². The molecule has 90 valence electrons. The Labute approximate surface area is 92.4 Å². The Hall–Kier alpha value is -1.15. The fourth-order valence-electron chi connectivity index (χ4n) is 1.75. The van der Waals surface area contributed by atoms with Crippen molar-refractivity contribution in [1.82, 2.24) is 4.90 Å². The summed E-state index contributed by atoms with van der Waals surface area (Å²) in [5.74, 6) is 0.406. The number of ether oxygens (including phenoxy) is 1. The number of hydrogen-bond acceptors (Lipinski definition) is 7. The topological polar surface area (TPSA) is 112 Å². The second-order valence-electron chi connectivity index (χ2n) is 3.78. The predicted octanol–water partition coefficient (Wildman–Crippen LogP) is -2.43. The number of aliphatic hydroxyl groups excluding tert-OH is 3. The average Bonchev–Trinajstić information content (AvgIpc) is 2.57. The maximum atomic E-state index is 9.74. The van der Waals surface area contributed by atoms with Crippen LogP contribution >= 0.6 is 0 Å². The van der Waals surface area contributed by atoms with E-state index in [-0.39, 0.29) is 13.3 Å². The van der Waals surface area contributed by atoms with Crippen molar-refractivity contribution in [3.63, 3.8) is 0 Å². The third-order valence-corrected chi connectivity index (χ3v) is 2.70. The molecule has 2 heterocycles. The molecule has 0 bridgehead atoms. The van der Waals surface area contributed by atoms with Gasteiger partial charge in [0.25, 0.3) is 0 Å². The molecule has 1 saturated heterocycles. The highest BCUT2D eigenvalue weighted by Gasteiger charge is 2.44. The van der Waals surface area contributed by atoms with Crippen LogP contribution < -0.4 is 5.73 Å². The van der Waals surface area contributed by atoms with Crippen LogP contribution in [-0.4, -0.2) is 63.9 Å². The molecule has 4 unspecified atom stereocenters. The Morgan fingerprint density at radius 2 is 2.25 bits per heavy atom. The standard InChI is InChI=1S/C9H15N3O4/c10-6-1-2-12(4-11-6)9-8(15)7(14)5(3-13)16-9/h1-2,5,7-9,13-15H,3-4H2,(H2,10,11). The number of rotatable bonds is 2. The molecule has 2 aliphatic heterocycles. The van der Waals surface area contributed by atoms with Gasteiger partial charge in [0.15, 0.2) is 6.23 Å². The van der Waals surface area contributed by atoms with Crippen molar-refractivity contribution in [1.29, 1.82) is 0 Å². The van der Waals surface area contributed by atoms with Gasteiger partial charge in [-0.15, -0.1) is 0 Å². The van der Waals surface area contributed by atoms with Crippen molar-refractivity contribution in [2.45, 2.75) is 24.5 Å². The molecule has 4 atom stereocenters. The Bertz CT molecular complexity index is 320. The lowest BCUT2D eigenvalue weighted by molar-refractivity contribution is -0.0791. The van der Waals surface area contributed by atoms with Gasteiger partial charge in [0, 0.05) is 6.20 Å². The van der Waals surface area contributed by atoms with Gasteiger partial charge in [-0.3, -0.25) is 0 Å². The maximum absolute atomic E-state index is 9.74. The van der Waals surface area contributed by atoms with Crippen molar-refractivity contribution >= 4 is 5.84 Å². The Morgan fingerprint density at radius 1 is 1.50 bits per heavy atom. The van der Waals surface area contributed by atoms with Gasteiger partial charge in [-0.05, 0) is 6.08 Å². The van der Waals surface area contributed by atoms with Gasteiger partial charge < -0.3 is 30.7 Å². The molecule has 0 saturated carbocycles. The first kappa shape index (κ1) is 11.3. The average molecular weight is 229 g/mol. The van der Waals surface area contributed by atoms with E-state index in [1.165, 1.54) is 0 Å². The summed E-state index contributed by atoms with van der Waals surface area (Å²) in [6.45, 7) is -0.0768. The largest absolute Gasteiger partial charge is 0.394 e. The lowest BCUT2D eigenvalue weighted by Crippen LogP contribution is -2.43. The predicted molar refractivity (Wildman–Crippen MR) is 55.2 cm³/mol. The zero-order chi connectivity index (χ0) is 11.7. The van der Waals surface area contributed by atoms with Gasteiger partial charge in [-0.1, -0.05) is 0 Å². The van der Waals surface area contributed by atoms with Crippen LogP contribution in [0.2, 0.25) is 0 Å². The minimum atomic E-state index is -1.09. The third kappa shape index (κ3) is 1.90. The van der Waals surface area contributed by atoms with Crippen molar-refractivity contribution in [2.75, 3.05) is 13.3 Å². The fourth-order valence-corrected chi connectivity index (χ4v) is 1.75. The second-order valence-corrected chi connectivity index (χ2v) is 3.78. The van der Waals surface area contributed by atoms with Crippen LogP contribution in [0.25, 0.3) is 0 Å². The fraction of sp³-hybridized carbons (Fsp3) is 0.667. The smallest absolute Gasteiger partial charge is 0.160 e. The van der Waals surface area contributed by atoms with E-state index in [0.717, 1.165) is 0 Å². The van der Waals surface area contributed by atoms with E-state index >= 15 is 0 Å². The molecule has 0 aliphatic carbocycles. The number of aliphatic hydroxyl groups is 3. The number of amidine groups is 1. The Kier molecular flexibility index (Phi) is 3.10. The molecule has 0 aromatic heterocycles. The molecule has 0 radical (unpaired) electrons. The van der Waals surface area contributed by atoms with Gasteiger partial charge in [-0.2, -0.15) is 0 Å². The highest BCUT2D eigenvalue weighted by molar-refractivity contribution is 5.91. The summed E-state index contributed by atoms with van der Waals surface area (Å²) < 4.78 is 5.32. The summed E-state index contributed by atoms with van der Waals surface area (Å²) in [6.07, 6.45) is -0.416.